The van der Waals surface area contributed by atoms with Gasteiger partial charge in [0.15, 0.2) is 0 Å². The molecule has 3 nitrogen and oxygen atoms in total. The Hall–Kier alpha value is -2.07. The number of ether oxygens (including phenoxy) is 1. The van der Waals surface area contributed by atoms with E-state index in [2.05, 4.69) is 5.32 Å². The van der Waals surface area contributed by atoms with Crippen LogP contribution in [0.5, 0.6) is 5.75 Å². The lowest BCUT2D eigenvalue weighted by molar-refractivity contribution is 0.242. The van der Waals surface area contributed by atoms with Crippen LogP contribution in [0.2, 0.25) is 0 Å². The van der Waals surface area contributed by atoms with Crippen molar-refractivity contribution < 1.29 is 4.74 Å². The summed E-state index contributed by atoms with van der Waals surface area (Å²) in [5.74, 6) is 0.856. The van der Waals surface area contributed by atoms with E-state index in [1.807, 2.05) is 63.2 Å². The SMILES string of the molecule is Cc1ccc(Nc2ccc(OC(C)C)cc2)c(C(N)=S)c1. The highest BCUT2D eigenvalue weighted by molar-refractivity contribution is 7.80. The molecule has 2 aromatic carbocycles. The third-order valence-electron chi connectivity index (χ3n) is 2.95. The standard InChI is InChI=1S/C17H20N2OS/c1-11(2)20-14-7-5-13(6-8-14)19-16-9-4-12(3)10-15(16)17(18)21/h4-11,19H,1-3H3,(H2,18,21). The monoisotopic (exact) mass is 300 g/mol. The van der Waals surface area contributed by atoms with Crippen molar-refractivity contribution >= 4 is 28.6 Å². The minimum atomic E-state index is 0.169. The minimum absolute atomic E-state index is 0.169. The second-order valence-corrected chi connectivity index (χ2v) is 5.67. The minimum Gasteiger partial charge on any atom is -0.491 e. The van der Waals surface area contributed by atoms with E-state index in [0.29, 0.717) is 4.99 Å². The zero-order valence-corrected chi connectivity index (χ0v) is 13.3. The second-order valence-electron chi connectivity index (χ2n) is 5.23. The van der Waals surface area contributed by atoms with Crippen LogP contribution in [-0.2, 0) is 0 Å². The molecule has 0 atom stereocenters. The maximum absolute atomic E-state index is 5.79. The molecule has 0 amide bonds. The van der Waals surface area contributed by atoms with E-state index >= 15 is 0 Å². The van der Waals surface area contributed by atoms with Crippen molar-refractivity contribution in [1.29, 1.82) is 0 Å². The van der Waals surface area contributed by atoms with Crippen molar-refractivity contribution in [2.45, 2.75) is 26.9 Å². The Morgan fingerprint density at radius 3 is 2.38 bits per heavy atom. The summed E-state index contributed by atoms with van der Waals surface area (Å²) >= 11 is 5.11. The number of hydrogen-bond acceptors (Lipinski definition) is 3. The number of thiocarbonyl (C=S) groups is 1. The molecule has 0 fully saturated rings. The predicted octanol–water partition coefficient (Wildman–Crippen LogP) is 4.16. The summed E-state index contributed by atoms with van der Waals surface area (Å²) in [4.78, 5) is 0.390. The number of nitrogens with two attached hydrogens (primary N) is 1. The molecular formula is C17H20N2OS. The Morgan fingerprint density at radius 1 is 1.14 bits per heavy atom. The Labute approximate surface area is 131 Å². The van der Waals surface area contributed by atoms with Crippen LogP contribution in [0.25, 0.3) is 0 Å². The summed E-state index contributed by atoms with van der Waals surface area (Å²) in [6.45, 7) is 6.03. The van der Waals surface area contributed by atoms with Gasteiger partial charge >= 0.3 is 0 Å². The zero-order valence-electron chi connectivity index (χ0n) is 12.5. The molecule has 110 valence electrons. The molecular weight excluding hydrogens is 280 g/mol. The first-order valence-electron chi connectivity index (χ1n) is 6.90. The average molecular weight is 300 g/mol. The van der Waals surface area contributed by atoms with E-state index in [4.69, 9.17) is 22.7 Å². The van der Waals surface area contributed by atoms with E-state index in [-0.39, 0.29) is 6.10 Å². The topological polar surface area (TPSA) is 47.3 Å². The summed E-state index contributed by atoms with van der Waals surface area (Å²) in [5.41, 5.74) is 9.64. The van der Waals surface area contributed by atoms with Crippen LogP contribution in [0.4, 0.5) is 11.4 Å². The molecule has 0 heterocycles. The van der Waals surface area contributed by atoms with Gasteiger partial charge in [-0.05, 0) is 57.2 Å². The van der Waals surface area contributed by atoms with Crippen molar-refractivity contribution in [3.05, 3.63) is 53.6 Å². The number of nitrogens with one attached hydrogen (secondary N) is 1. The van der Waals surface area contributed by atoms with Crippen LogP contribution in [0, 0.1) is 6.92 Å². The van der Waals surface area contributed by atoms with E-state index in [0.717, 1.165) is 28.3 Å². The zero-order chi connectivity index (χ0) is 15.4. The van der Waals surface area contributed by atoms with Crippen LogP contribution < -0.4 is 15.8 Å². The Bertz CT molecular complexity index is 636. The predicted molar refractivity (Wildman–Crippen MR) is 92.6 cm³/mol. The van der Waals surface area contributed by atoms with Crippen molar-refractivity contribution in [3.8, 4) is 5.75 Å². The highest BCUT2D eigenvalue weighted by Crippen LogP contribution is 2.24. The maximum Gasteiger partial charge on any atom is 0.119 e. The van der Waals surface area contributed by atoms with Gasteiger partial charge in [0, 0.05) is 16.9 Å². The summed E-state index contributed by atoms with van der Waals surface area (Å²) < 4.78 is 5.63. The van der Waals surface area contributed by atoms with Crippen molar-refractivity contribution in [2.24, 2.45) is 5.73 Å². The van der Waals surface area contributed by atoms with E-state index in [1.54, 1.807) is 0 Å². The van der Waals surface area contributed by atoms with Gasteiger partial charge in [-0.1, -0.05) is 23.8 Å². The molecule has 0 saturated carbocycles. The molecule has 0 aliphatic heterocycles. The Kier molecular flexibility index (Phi) is 4.81. The van der Waals surface area contributed by atoms with E-state index in [1.165, 1.54) is 0 Å². The van der Waals surface area contributed by atoms with Gasteiger partial charge in [-0.15, -0.1) is 0 Å². The molecule has 0 spiro atoms. The van der Waals surface area contributed by atoms with Crippen LogP contribution in [0.3, 0.4) is 0 Å². The molecule has 0 radical (unpaired) electrons. The molecule has 0 unspecified atom stereocenters. The van der Waals surface area contributed by atoms with Crippen molar-refractivity contribution in [3.63, 3.8) is 0 Å². The molecule has 0 saturated heterocycles. The van der Waals surface area contributed by atoms with Crippen LogP contribution >= 0.6 is 12.2 Å². The van der Waals surface area contributed by atoms with Crippen LogP contribution in [0.1, 0.15) is 25.0 Å². The highest BCUT2D eigenvalue weighted by Gasteiger charge is 2.06. The lowest BCUT2D eigenvalue weighted by Crippen LogP contribution is -2.12. The number of benzene rings is 2. The fourth-order valence-corrected chi connectivity index (χ4v) is 2.18. The van der Waals surface area contributed by atoms with E-state index < -0.39 is 0 Å². The molecule has 3 N–H and O–H groups in total. The summed E-state index contributed by atoms with van der Waals surface area (Å²) in [7, 11) is 0. The van der Waals surface area contributed by atoms with Gasteiger partial charge in [-0.3, -0.25) is 0 Å². The van der Waals surface area contributed by atoms with Crippen LogP contribution in [0.15, 0.2) is 42.5 Å². The number of aryl methyl sites for hydroxylation is 1. The van der Waals surface area contributed by atoms with Gasteiger partial charge < -0.3 is 15.8 Å². The van der Waals surface area contributed by atoms with Gasteiger partial charge in [0.1, 0.15) is 10.7 Å². The van der Waals surface area contributed by atoms with E-state index in [9.17, 15) is 0 Å². The fourth-order valence-electron chi connectivity index (χ4n) is 2.02. The fraction of sp³-hybridized carbons (Fsp3) is 0.235. The molecule has 2 rings (SSSR count). The summed E-state index contributed by atoms with van der Waals surface area (Å²) in [5, 5.41) is 3.34. The average Bonchev–Trinajstić information content (AvgIpc) is 2.42. The number of hydrogen-bond donors (Lipinski definition) is 2. The quantitative estimate of drug-likeness (QED) is 0.814. The molecule has 0 aromatic heterocycles. The number of rotatable bonds is 5. The normalized spacial score (nSPS) is 10.5. The van der Waals surface area contributed by atoms with Gasteiger partial charge in [-0.25, -0.2) is 0 Å². The lowest BCUT2D eigenvalue weighted by Gasteiger charge is -2.13. The first-order valence-corrected chi connectivity index (χ1v) is 7.30. The van der Waals surface area contributed by atoms with Gasteiger partial charge in [0.25, 0.3) is 0 Å². The molecule has 0 aliphatic rings. The highest BCUT2D eigenvalue weighted by atomic mass is 32.1. The number of anilines is 2. The molecule has 21 heavy (non-hydrogen) atoms. The lowest BCUT2D eigenvalue weighted by atomic mass is 10.1. The molecule has 0 aliphatic carbocycles. The molecule has 4 heteroatoms. The first kappa shape index (κ1) is 15.3. The largest absolute Gasteiger partial charge is 0.491 e. The second kappa shape index (κ2) is 6.59. The van der Waals surface area contributed by atoms with Crippen LogP contribution in [-0.4, -0.2) is 11.1 Å². The molecule has 0 bridgehead atoms. The third kappa shape index (κ3) is 4.20. The summed E-state index contributed by atoms with van der Waals surface area (Å²) in [6.07, 6.45) is 0.169. The summed E-state index contributed by atoms with van der Waals surface area (Å²) in [6, 6.07) is 13.8. The third-order valence-corrected chi connectivity index (χ3v) is 3.17. The smallest absolute Gasteiger partial charge is 0.119 e. The Morgan fingerprint density at radius 2 is 1.81 bits per heavy atom. The van der Waals surface area contributed by atoms with Gasteiger partial charge in [-0.2, -0.15) is 0 Å². The van der Waals surface area contributed by atoms with Gasteiger partial charge in [0.2, 0.25) is 0 Å². The first-order chi connectivity index (χ1) is 9.95. The van der Waals surface area contributed by atoms with Gasteiger partial charge in [0.05, 0.1) is 6.10 Å². The Balaban J connectivity index is 2.20. The maximum atomic E-state index is 5.79. The molecule has 2 aromatic rings. The van der Waals surface area contributed by atoms with Crippen molar-refractivity contribution in [1.82, 2.24) is 0 Å². The van der Waals surface area contributed by atoms with Crippen molar-refractivity contribution in [2.75, 3.05) is 5.32 Å².